The predicted molar refractivity (Wildman–Crippen MR) is 126 cm³/mol. The van der Waals surface area contributed by atoms with E-state index >= 15 is 0 Å². The summed E-state index contributed by atoms with van der Waals surface area (Å²) in [5, 5.41) is 0.494. The average molecular weight is 594 g/mol. The second-order valence-electron chi connectivity index (χ2n) is 7.18. The van der Waals surface area contributed by atoms with Crippen molar-refractivity contribution >= 4 is 42.0 Å². The third-order valence-corrected chi connectivity index (χ3v) is 7.59. The first-order valence-corrected chi connectivity index (χ1v) is 12.8. The average Bonchev–Trinajstić information content (AvgIpc) is 2.84. The molecule has 5 aromatic rings. The van der Waals surface area contributed by atoms with Crippen molar-refractivity contribution < 1.29 is 44.7 Å². The maximum absolute atomic E-state index is 13.0. The largest absolute Gasteiger partial charge is 0.379 e. The van der Waals surface area contributed by atoms with Crippen molar-refractivity contribution in [1.29, 1.82) is 0 Å². The van der Waals surface area contributed by atoms with Gasteiger partial charge in [0, 0.05) is 42.6 Å². The molecule has 35 heavy (non-hydrogen) atoms. The van der Waals surface area contributed by atoms with Crippen LogP contribution in [0, 0.1) is 0 Å². The second kappa shape index (κ2) is 9.69. The Morgan fingerprint density at radius 3 is 1.26 bits per heavy atom. The molecule has 5 rings (SSSR count). The minimum atomic E-state index is -4.20. The fourth-order valence-electron chi connectivity index (χ4n) is 3.51. The quantitative estimate of drug-likeness (QED) is 0.163. The summed E-state index contributed by atoms with van der Waals surface area (Å²) in [4.78, 5) is 8.33. The van der Waals surface area contributed by atoms with Crippen molar-refractivity contribution in [3.63, 3.8) is 0 Å². The Labute approximate surface area is 214 Å². The molecule has 0 N–H and O–H groups in total. The molecular weight excluding hydrogens is 577 g/mol. The topological polar surface area (TPSA) is 113 Å². The number of rotatable bonds is 6. The maximum Gasteiger partial charge on any atom is 0.339 e. The number of aromatic nitrogens is 2. The van der Waals surface area contributed by atoms with Crippen molar-refractivity contribution in [1.82, 2.24) is 9.97 Å². The third kappa shape index (κ3) is 4.88. The number of hydrogen-bond acceptors (Lipinski definition) is 8. The number of pyridine rings is 2. The second-order valence-corrected chi connectivity index (χ2v) is 10.2. The standard InChI is InChI=1S/C24H16N2O6S2.Ru/c27-33(28,31-17-7-3-1-4-8-17)21-13-15-25-23-19(21)11-12-20-22(14-16-26-24(20)23)34(29,30)32-18-9-5-2-6-10-18;/h1-16H;. The molecule has 0 spiro atoms. The van der Waals surface area contributed by atoms with Gasteiger partial charge in [-0.15, -0.1) is 0 Å². The minimum absolute atomic E-state index is 0. The first kappa shape index (κ1) is 24.7. The van der Waals surface area contributed by atoms with Gasteiger partial charge >= 0.3 is 20.2 Å². The van der Waals surface area contributed by atoms with Gasteiger partial charge in [-0.1, -0.05) is 48.5 Å². The number of para-hydroxylation sites is 2. The summed E-state index contributed by atoms with van der Waals surface area (Å²) < 4.78 is 62.5. The zero-order valence-corrected chi connectivity index (χ0v) is 21.1. The van der Waals surface area contributed by atoms with Crippen LogP contribution in [-0.2, 0) is 39.7 Å². The molecule has 0 fully saturated rings. The zero-order chi connectivity index (χ0) is 23.8. The van der Waals surface area contributed by atoms with E-state index in [1.54, 1.807) is 36.4 Å². The van der Waals surface area contributed by atoms with E-state index in [1.165, 1.54) is 60.9 Å². The molecule has 0 aliphatic rings. The van der Waals surface area contributed by atoms with Crippen molar-refractivity contribution in [3.05, 3.63) is 97.3 Å². The van der Waals surface area contributed by atoms with E-state index in [1.807, 2.05) is 0 Å². The van der Waals surface area contributed by atoms with Gasteiger partial charge in [0.1, 0.15) is 21.3 Å². The van der Waals surface area contributed by atoms with Gasteiger partial charge in [0.2, 0.25) is 0 Å². The van der Waals surface area contributed by atoms with Gasteiger partial charge in [-0.25, -0.2) is 0 Å². The number of nitrogens with zero attached hydrogens (tertiary/aromatic N) is 2. The summed E-state index contributed by atoms with van der Waals surface area (Å²) in [6, 6.07) is 21.9. The molecule has 0 radical (unpaired) electrons. The van der Waals surface area contributed by atoms with Gasteiger partial charge < -0.3 is 8.37 Å². The summed E-state index contributed by atoms with van der Waals surface area (Å²) in [7, 11) is -8.40. The molecule has 0 saturated heterocycles. The van der Waals surface area contributed by atoms with Gasteiger partial charge in [-0.05, 0) is 36.4 Å². The Morgan fingerprint density at radius 2 is 0.886 bits per heavy atom. The van der Waals surface area contributed by atoms with E-state index in [0.29, 0.717) is 0 Å². The maximum atomic E-state index is 13.0. The molecule has 2 aromatic heterocycles. The van der Waals surface area contributed by atoms with Crippen LogP contribution >= 0.6 is 0 Å². The first-order valence-electron chi connectivity index (χ1n) is 10.0. The van der Waals surface area contributed by atoms with Crippen molar-refractivity contribution in [2.75, 3.05) is 0 Å². The molecule has 0 unspecified atom stereocenters. The predicted octanol–water partition coefficient (Wildman–Crippen LogP) is 4.32. The fraction of sp³-hybridized carbons (Fsp3) is 0. The normalized spacial score (nSPS) is 11.7. The van der Waals surface area contributed by atoms with Gasteiger partial charge in [0.25, 0.3) is 0 Å². The molecular formula is C24H16N2O6RuS2. The van der Waals surface area contributed by atoms with Crippen molar-refractivity contribution in [2.45, 2.75) is 9.79 Å². The molecule has 0 aliphatic heterocycles. The van der Waals surface area contributed by atoms with Crippen molar-refractivity contribution in [2.24, 2.45) is 0 Å². The molecule has 178 valence electrons. The molecule has 0 bridgehead atoms. The number of benzene rings is 3. The van der Waals surface area contributed by atoms with Crippen LogP contribution in [0.1, 0.15) is 0 Å². The van der Waals surface area contributed by atoms with Gasteiger partial charge in [-0.3, -0.25) is 9.97 Å². The van der Waals surface area contributed by atoms with E-state index in [4.69, 9.17) is 8.37 Å². The zero-order valence-electron chi connectivity index (χ0n) is 17.8. The van der Waals surface area contributed by atoms with Crippen LogP contribution in [0.15, 0.2) is 107 Å². The van der Waals surface area contributed by atoms with Crippen molar-refractivity contribution in [3.8, 4) is 11.5 Å². The summed E-state index contributed by atoms with van der Waals surface area (Å²) >= 11 is 0. The van der Waals surface area contributed by atoms with Gasteiger partial charge in [0.05, 0.1) is 11.0 Å². The van der Waals surface area contributed by atoms with Crippen LogP contribution in [-0.4, -0.2) is 26.8 Å². The Hall–Kier alpha value is -3.40. The summed E-state index contributed by atoms with van der Waals surface area (Å²) in [5.74, 6) is 0.329. The van der Waals surface area contributed by atoms with Crippen LogP contribution < -0.4 is 8.37 Å². The molecule has 3 aromatic carbocycles. The van der Waals surface area contributed by atoms with Gasteiger partial charge in [-0.2, -0.15) is 16.8 Å². The number of fused-ring (bicyclic) bond motifs is 3. The first-order chi connectivity index (χ1) is 16.4. The van der Waals surface area contributed by atoms with Crippen LogP contribution in [0.25, 0.3) is 21.8 Å². The molecule has 0 amide bonds. The van der Waals surface area contributed by atoms with Crippen LogP contribution in [0.5, 0.6) is 11.5 Å². The smallest absolute Gasteiger partial charge is 0.339 e. The molecule has 0 saturated carbocycles. The summed E-state index contributed by atoms with van der Waals surface area (Å²) in [6.45, 7) is 0. The van der Waals surface area contributed by atoms with Crippen LogP contribution in [0.2, 0.25) is 0 Å². The van der Waals surface area contributed by atoms with Crippen LogP contribution in [0.4, 0.5) is 0 Å². The molecule has 2 heterocycles. The SMILES string of the molecule is O=S(=O)(Oc1ccccc1)c1ccnc2c1ccc1c(S(=O)(=O)Oc3ccccc3)ccnc12.[Ru]. The Kier molecular flexibility index (Phi) is 6.85. The van der Waals surface area contributed by atoms with E-state index in [0.717, 1.165) is 0 Å². The molecule has 8 nitrogen and oxygen atoms in total. The van der Waals surface area contributed by atoms with E-state index in [9.17, 15) is 16.8 Å². The summed E-state index contributed by atoms with van der Waals surface area (Å²) in [5.41, 5.74) is 0.430. The third-order valence-electron chi connectivity index (χ3n) is 4.98. The van der Waals surface area contributed by atoms with E-state index in [-0.39, 0.29) is 62.6 Å². The minimum Gasteiger partial charge on any atom is -0.379 e. The Bertz CT molecular complexity index is 1600. The van der Waals surface area contributed by atoms with E-state index < -0.39 is 20.2 Å². The van der Waals surface area contributed by atoms with Crippen LogP contribution in [0.3, 0.4) is 0 Å². The van der Waals surface area contributed by atoms with Gasteiger partial charge in [0.15, 0.2) is 0 Å². The Morgan fingerprint density at radius 1 is 0.514 bits per heavy atom. The molecule has 0 aliphatic carbocycles. The summed E-state index contributed by atoms with van der Waals surface area (Å²) in [6.07, 6.45) is 2.62. The monoisotopic (exact) mass is 594 g/mol. The fourth-order valence-corrected chi connectivity index (χ4v) is 5.74. The molecule has 0 atom stereocenters. The van der Waals surface area contributed by atoms with E-state index in [2.05, 4.69) is 9.97 Å². The number of hydrogen-bond donors (Lipinski definition) is 0. The molecule has 11 heteroatoms. The Balaban J connectivity index is 0.00000289.